The second-order valence-corrected chi connectivity index (χ2v) is 8.24. The number of amides is 1. The van der Waals surface area contributed by atoms with E-state index in [1.165, 1.54) is 28.6 Å². The highest BCUT2D eigenvalue weighted by Crippen LogP contribution is 2.21. The number of piperidine rings is 1. The van der Waals surface area contributed by atoms with Crippen molar-refractivity contribution in [1.29, 1.82) is 0 Å². The Morgan fingerprint density at radius 2 is 1.77 bits per heavy atom. The first-order valence-corrected chi connectivity index (χ1v) is 10.0. The molecular formula is C19H21FN2O3S. The van der Waals surface area contributed by atoms with Crippen molar-refractivity contribution in [2.75, 3.05) is 13.1 Å². The Morgan fingerprint density at radius 1 is 1.04 bits per heavy atom. The van der Waals surface area contributed by atoms with E-state index >= 15 is 0 Å². The quantitative estimate of drug-likeness (QED) is 0.873. The van der Waals surface area contributed by atoms with E-state index in [1.807, 2.05) is 0 Å². The second kappa shape index (κ2) is 7.97. The van der Waals surface area contributed by atoms with Crippen LogP contribution in [0, 0.1) is 5.82 Å². The molecule has 3 rings (SSSR count). The molecule has 26 heavy (non-hydrogen) atoms. The molecule has 5 nitrogen and oxygen atoms in total. The minimum absolute atomic E-state index is 0.123. The number of carbonyl (C=O) groups excluding carboxylic acids is 1. The number of hydrogen-bond acceptors (Lipinski definition) is 3. The lowest BCUT2D eigenvalue weighted by molar-refractivity contribution is 0.0950. The third-order valence-corrected chi connectivity index (χ3v) is 6.29. The molecule has 138 valence electrons. The number of nitrogens with zero attached hydrogens (tertiary/aromatic N) is 1. The fraction of sp³-hybridized carbons (Fsp3) is 0.316. The molecule has 0 atom stereocenters. The fourth-order valence-corrected chi connectivity index (χ4v) is 4.55. The van der Waals surface area contributed by atoms with Crippen molar-refractivity contribution in [3.8, 4) is 0 Å². The Labute approximate surface area is 152 Å². The molecule has 0 aromatic heterocycles. The van der Waals surface area contributed by atoms with Crippen LogP contribution >= 0.6 is 0 Å². The third-order valence-electron chi connectivity index (χ3n) is 4.39. The maximum absolute atomic E-state index is 13.2. The Morgan fingerprint density at radius 3 is 2.50 bits per heavy atom. The maximum Gasteiger partial charge on any atom is 0.251 e. The van der Waals surface area contributed by atoms with Gasteiger partial charge >= 0.3 is 0 Å². The molecule has 0 unspecified atom stereocenters. The van der Waals surface area contributed by atoms with E-state index in [0.29, 0.717) is 18.7 Å². The van der Waals surface area contributed by atoms with E-state index < -0.39 is 15.9 Å². The van der Waals surface area contributed by atoms with Crippen LogP contribution in [0.2, 0.25) is 0 Å². The molecule has 0 saturated carbocycles. The summed E-state index contributed by atoms with van der Waals surface area (Å²) < 4.78 is 40.1. The maximum atomic E-state index is 13.2. The van der Waals surface area contributed by atoms with Crippen LogP contribution < -0.4 is 5.32 Å². The molecule has 1 saturated heterocycles. The number of sulfonamides is 1. The minimum atomic E-state index is -3.59. The first-order chi connectivity index (χ1) is 12.5. The summed E-state index contributed by atoms with van der Waals surface area (Å²) in [5.41, 5.74) is 0.898. The van der Waals surface area contributed by atoms with Crippen LogP contribution in [-0.4, -0.2) is 31.7 Å². The zero-order valence-electron chi connectivity index (χ0n) is 14.3. The molecule has 0 bridgehead atoms. The van der Waals surface area contributed by atoms with Crippen LogP contribution in [0.3, 0.4) is 0 Å². The lowest BCUT2D eigenvalue weighted by Crippen LogP contribution is -2.35. The normalized spacial score (nSPS) is 15.6. The summed E-state index contributed by atoms with van der Waals surface area (Å²) in [5, 5.41) is 2.69. The third kappa shape index (κ3) is 4.28. The van der Waals surface area contributed by atoms with Gasteiger partial charge in [-0.25, -0.2) is 12.8 Å². The van der Waals surface area contributed by atoms with E-state index in [2.05, 4.69) is 5.32 Å². The van der Waals surface area contributed by atoms with Crippen molar-refractivity contribution in [3.63, 3.8) is 0 Å². The molecule has 0 radical (unpaired) electrons. The fourth-order valence-electron chi connectivity index (χ4n) is 2.98. The van der Waals surface area contributed by atoms with E-state index in [-0.39, 0.29) is 22.8 Å². The van der Waals surface area contributed by atoms with Gasteiger partial charge in [-0.1, -0.05) is 24.6 Å². The predicted molar refractivity (Wildman–Crippen MR) is 96.6 cm³/mol. The van der Waals surface area contributed by atoms with Gasteiger partial charge in [-0.2, -0.15) is 4.31 Å². The molecular weight excluding hydrogens is 355 g/mol. The molecule has 2 aromatic carbocycles. The smallest absolute Gasteiger partial charge is 0.251 e. The molecule has 1 heterocycles. The lowest BCUT2D eigenvalue weighted by atomic mass is 10.2. The number of carbonyl (C=O) groups is 1. The summed E-state index contributed by atoms with van der Waals surface area (Å²) in [4.78, 5) is 12.5. The van der Waals surface area contributed by atoms with E-state index in [0.717, 1.165) is 19.3 Å². The number of benzene rings is 2. The van der Waals surface area contributed by atoms with E-state index in [1.54, 1.807) is 24.3 Å². The Balaban J connectivity index is 1.73. The number of nitrogens with one attached hydrogen (secondary N) is 1. The summed E-state index contributed by atoms with van der Waals surface area (Å²) in [6.45, 7) is 1.19. The zero-order chi connectivity index (χ0) is 18.6. The van der Waals surface area contributed by atoms with E-state index in [4.69, 9.17) is 0 Å². The summed E-state index contributed by atoms with van der Waals surface area (Å²) in [6, 6.07) is 12.0. The number of rotatable bonds is 5. The van der Waals surface area contributed by atoms with Crippen LogP contribution in [0.4, 0.5) is 4.39 Å². The molecule has 1 fully saturated rings. The standard InChI is InChI=1S/C19H21FN2O3S/c20-17-8-4-6-15(12-17)14-21-19(23)16-7-5-9-18(13-16)26(24,25)22-10-2-1-3-11-22/h4-9,12-13H,1-3,10-11,14H2,(H,21,23). The highest BCUT2D eigenvalue weighted by Gasteiger charge is 2.26. The molecule has 1 aliphatic rings. The van der Waals surface area contributed by atoms with Crippen molar-refractivity contribution in [2.24, 2.45) is 0 Å². The van der Waals surface area contributed by atoms with Gasteiger partial charge in [-0.3, -0.25) is 4.79 Å². The SMILES string of the molecule is O=C(NCc1cccc(F)c1)c1cccc(S(=O)(=O)N2CCCCC2)c1. The van der Waals surface area contributed by atoms with Gasteiger partial charge in [0.05, 0.1) is 4.90 Å². The van der Waals surface area contributed by atoms with Crippen molar-refractivity contribution in [1.82, 2.24) is 9.62 Å². The number of hydrogen-bond donors (Lipinski definition) is 1. The molecule has 7 heteroatoms. The molecule has 1 aliphatic heterocycles. The zero-order valence-corrected chi connectivity index (χ0v) is 15.1. The first kappa shape index (κ1) is 18.5. The molecule has 2 aromatic rings. The van der Waals surface area contributed by atoms with Gasteiger partial charge in [0.2, 0.25) is 10.0 Å². The molecule has 1 N–H and O–H groups in total. The molecule has 0 aliphatic carbocycles. The lowest BCUT2D eigenvalue weighted by Gasteiger charge is -2.26. The Kier molecular flexibility index (Phi) is 5.68. The average molecular weight is 376 g/mol. The van der Waals surface area contributed by atoms with Crippen molar-refractivity contribution < 1.29 is 17.6 Å². The highest BCUT2D eigenvalue weighted by atomic mass is 32.2. The molecule has 1 amide bonds. The monoisotopic (exact) mass is 376 g/mol. The van der Waals surface area contributed by atoms with Crippen LogP contribution in [0.15, 0.2) is 53.4 Å². The Hall–Kier alpha value is -2.25. The van der Waals surface area contributed by atoms with Crippen molar-refractivity contribution in [2.45, 2.75) is 30.7 Å². The summed E-state index contributed by atoms with van der Waals surface area (Å²) in [5.74, 6) is -0.767. The molecule has 0 spiro atoms. The van der Waals surface area contributed by atoms with Gasteiger partial charge in [0, 0.05) is 25.2 Å². The highest BCUT2D eigenvalue weighted by molar-refractivity contribution is 7.89. The van der Waals surface area contributed by atoms with E-state index in [9.17, 15) is 17.6 Å². The Bertz CT molecular complexity index is 893. The summed E-state index contributed by atoms with van der Waals surface area (Å²) in [6.07, 6.45) is 2.74. The topological polar surface area (TPSA) is 66.5 Å². The van der Waals surface area contributed by atoms with Gasteiger partial charge in [0.1, 0.15) is 5.82 Å². The van der Waals surface area contributed by atoms with Gasteiger partial charge in [-0.15, -0.1) is 0 Å². The predicted octanol–water partition coefficient (Wildman–Crippen LogP) is 2.93. The van der Waals surface area contributed by atoms with Crippen LogP contribution in [-0.2, 0) is 16.6 Å². The minimum Gasteiger partial charge on any atom is -0.348 e. The first-order valence-electron chi connectivity index (χ1n) is 8.60. The second-order valence-electron chi connectivity index (χ2n) is 6.31. The largest absolute Gasteiger partial charge is 0.348 e. The van der Waals surface area contributed by atoms with Crippen LogP contribution in [0.5, 0.6) is 0 Å². The van der Waals surface area contributed by atoms with Gasteiger partial charge in [0.15, 0.2) is 0 Å². The van der Waals surface area contributed by atoms with Gasteiger partial charge in [0.25, 0.3) is 5.91 Å². The summed E-state index contributed by atoms with van der Waals surface area (Å²) in [7, 11) is -3.59. The summed E-state index contributed by atoms with van der Waals surface area (Å²) >= 11 is 0. The average Bonchev–Trinajstić information content (AvgIpc) is 2.67. The van der Waals surface area contributed by atoms with Crippen LogP contribution in [0.1, 0.15) is 35.2 Å². The van der Waals surface area contributed by atoms with Crippen molar-refractivity contribution in [3.05, 3.63) is 65.5 Å². The number of halogens is 1. The van der Waals surface area contributed by atoms with Crippen molar-refractivity contribution >= 4 is 15.9 Å². The van der Waals surface area contributed by atoms with Crippen LogP contribution in [0.25, 0.3) is 0 Å². The van der Waals surface area contributed by atoms with Gasteiger partial charge in [-0.05, 0) is 48.7 Å². The van der Waals surface area contributed by atoms with Gasteiger partial charge < -0.3 is 5.32 Å².